The van der Waals surface area contributed by atoms with Gasteiger partial charge in [0.15, 0.2) is 5.82 Å². The molecule has 24 heavy (non-hydrogen) atoms. The van der Waals surface area contributed by atoms with Gasteiger partial charge in [-0.25, -0.2) is 14.8 Å². The first-order valence-electron chi connectivity index (χ1n) is 7.51. The van der Waals surface area contributed by atoms with Crippen molar-refractivity contribution in [1.29, 1.82) is 0 Å². The first-order valence-corrected chi connectivity index (χ1v) is 7.51. The van der Waals surface area contributed by atoms with E-state index in [2.05, 4.69) is 15.0 Å². The molecule has 0 unspecified atom stereocenters. The van der Waals surface area contributed by atoms with E-state index in [1.807, 2.05) is 13.8 Å². The minimum Gasteiger partial charge on any atom is -0.477 e. The van der Waals surface area contributed by atoms with Gasteiger partial charge < -0.3 is 9.67 Å². The Bertz CT molecular complexity index is 965. The van der Waals surface area contributed by atoms with Gasteiger partial charge >= 0.3 is 5.97 Å². The number of carboxylic acid groups (broad SMARTS) is 1. The van der Waals surface area contributed by atoms with Gasteiger partial charge in [0, 0.05) is 36.9 Å². The van der Waals surface area contributed by atoms with Crippen molar-refractivity contribution in [2.75, 3.05) is 0 Å². The molecule has 0 aliphatic carbocycles. The van der Waals surface area contributed by atoms with Crippen molar-refractivity contribution in [3.05, 3.63) is 52.7 Å². The van der Waals surface area contributed by atoms with E-state index in [0.717, 1.165) is 5.56 Å². The maximum absolute atomic E-state index is 12.4. The van der Waals surface area contributed by atoms with Gasteiger partial charge in [-0.2, -0.15) is 0 Å². The lowest BCUT2D eigenvalue weighted by atomic mass is 10.1. The van der Waals surface area contributed by atoms with Crippen molar-refractivity contribution < 1.29 is 9.90 Å². The molecule has 7 nitrogen and oxygen atoms in total. The molecule has 0 saturated heterocycles. The zero-order chi connectivity index (χ0) is 17.3. The Balaban J connectivity index is 2.29. The van der Waals surface area contributed by atoms with Crippen LogP contribution in [0, 0.1) is 5.92 Å². The molecule has 0 aliphatic rings. The zero-order valence-corrected chi connectivity index (χ0v) is 13.3. The summed E-state index contributed by atoms with van der Waals surface area (Å²) in [5.74, 6) is -0.529. The normalized spacial score (nSPS) is 11.1. The fraction of sp³-hybridized carbons (Fsp3) is 0.235. The standard InChI is InChI=1S/C17H16N4O3/c1-10(2)8-21-9-13(17(23)24)14(22)12-7-19-15(20-16(12)21)11-3-5-18-6-4-11/h3-7,9-10H,8H2,1-2H3,(H,23,24). The number of aromatic nitrogens is 4. The molecule has 0 fully saturated rings. The summed E-state index contributed by atoms with van der Waals surface area (Å²) in [5, 5.41) is 9.46. The number of carbonyl (C=O) groups is 1. The Morgan fingerprint density at radius 3 is 2.62 bits per heavy atom. The first-order chi connectivity index (χ1) is 11.5. The predicted molar refractivity (Wildman–Crippen MR) is 88.8 cm³/mol. The molecular weight excluding hydrogens is 308 g/mol. The van der Waals surface area contributed by atoms with Gasteiger partial charge in [-0.05, 0) is 18.1 Å². The summed E-state index contributed by atoms with van der Waals surface area (Å²) in [6, 6.07) is 3.55. The Morgan fingerprint density at radius 2 is 2.00 bits per heavy atom. The summed E-state index contributed by atoms with van der Waals surface area (Å²) in [4.78, 5) is 36.4. The number of hydrogen-bond acceptors (Lipinski definition) is 5. The van der Waals surface area contributed by atoms with Crippen molar-refractivity contribution >= 4 is 17.0 Å². The van der Waals surface area contributed by atoms with Gasteiger partial charge in [-0.1, -0.05) is 13.8 Å². The molecule has 3 aromatic heterocycles. The summed E-state index contributed by atoms with van der Waals surface area (Å²) in [6.45, 7) is 4.56. The molecule has 122 valence electrons. The van der Waals surface area contributed by atoms with Crippen molar-refractivity contribution in [2.45, 2.75) is 20.4 Å². The highest BCUT2D eigenvalue weighted by molar-refractivity contribution is 5.91. The Labute approximate surface area is 137 Å². The van der Waals surface area contributed by atoms with Gasteiger partial charge in [0.25, 0.3) is 0 Å². The van der Waals surface area contributed by atoms with Crippen molar-refractivity contribution in [2.24, 2.45) is 5.92 Å². The summed E-state index contributed by atoms with van der Waals surface area (Å²) in [7, 11) is 0. The quantitative estimate of drug-likeness (QED) is 0.790. The summed E-state index contributed by atoms with van der Waals surface area (Å²) in [5.41, 5.74) is 0.362. The van der Waals surface area contributed by atoms with E-state index in [4.69, 9.17) is 0 Å². The highest BCUT2D eigenvalue weighted by atomic mass is 16.4. The van der Waals surface area contributed by atoms with Gasteiger partial charge in [0.05, 0.1) is 5.39 Å². The predicted octanol–water partition coefficient (Wildman–Crippen LogP) is 2.21. The van der Waals surface area contributed by atoms with Crippen LogP contribution in [-0.4, -0.2) is 30.6 Å². The lowest BCUT2D eigenvalue weighted by Gasteiger charge is -2.14. The average molecular weight is 324 g/mol. The molecule has 7 heteroatoms. The monoisotopic (exact) mass is 324 g/mol. The van der Waals surface area contributed by atoms with Crippen LogP contribution in [0.1, 0.15) is 24.2 Å². The van der Waals surface area contributed by atoms with Crippen LogP contribution in [0.3, 0.4) is 0 Å². The van der Waals surface area contributed by atoms with Crippen LogP contribution >= 0.6 is 0 Å². The number of pyridine rings is 2. The van der Waals surface area contributed by atoms with Crippen LogP contribution < -0.4 is 5.43 Å². The molecule has 0 aromatic carbocycles. The third kappa shape index (κ3) is 2.88. The molecule has 0 aliphatic heterocycles. The number of rotatable bonds is 4. The van der Waals surface area contributed by atoms with Gasteiger partial charge in [0.1, 0.15) is 11.2 Å². The summed E-state index contributed by atoms with van der Waals surface area (Å²) >= 11 is 0. The fourth-order valence-electron chi connectivity index (χ4n) is 2.50. The molecule has 0 saturated carbocycles. The molecule has 3 aromatic rings. The minimum atomic E-state index is -1.25. The highest BCUT2D eigenvalue weighted by Gasteiger charge is 2.17. The van der Waals surface area contributed by atoms with E-state index < -0.39 is 11.4 Å². The SMILES string of the molecule is CC(C)Cn1cc(C(=O)O)c(=O)c2cnc(-c3ccncc3)nc21. The highest BCUT2D eigenvalue weighted by Crippen LogP contribution is 2.17. The maximum Gasteiger partial charge on any atom is 0.341 e. The largest absolute Gasteiger partial charge is 0.477 e. The molecular formula is C17H16N4O3. The summed E-state index contributed by atoms with van der Waals surface area (Å²) < 4.78 is 1.71. The van der Waals surface area contributed by atoms with Gasteiger partial charge in [0.2, 0.25) is 5.43 Å². The van der Waals surface area contributed by atoms with E-state index in [1.165, 1.54) is 12.4 Å². The van der Waals surface area contributed by atoms with Crippen molar-refractivity contribution in [3.8, 4) is 11.4 Å². The topological polar surface area (TPSA) is 98.0 Å². The lowest BCUT2D eigenvalue weighted by molar-refractivity contribution is 0.0694. The molecule has 0 radical (unpaired) electrons. The second-order valence-corrected chi connectivity index (χ2v) is 5.89. The van der Waals surface area contributed by atoms with Crippen LogP contribution in [0.25, 0.3) is 22.4 Å². The smallest absolute Gasteiger partial charge is 0.341 e. The summed E-state index contributed by atoms with van der Waals surface area (Å²) in [6.07, 6.45) is 6.02. The van der Waals surface area contributed by atoms with Crippen molar-refractivity contribution in [3.63, 3.8) is 0 Å². The zero-order valence-electron chi connectivity index (χ0n) is 13.3. The van der Waals surface area contributed by atoms with Crippen molar-refractivity contribution in [1.82, 2.24) is 19.5 Å². The van der Waals surface area contributed by atoms with E-state index in [1.54, 1.807) is 29.1 Å². The van der Waals surface area contributed by atoms with E-state index >= 15 is 0 Å². The van der Waals surface area contributed by atoms with E-state index in [0.29, 0.717) is 18.0 Å². The number of hydrogen-bond donors (Lipinski definition) is 1. The lowest BCUT2D eigenvalue weighted by Crippen LogP contribution is -2.21. The third-order valence-corrected chi connectivity index (χ3v) is 3.55. The second kappa shape index (κ2) is 6.19. The average Bonchev–Trinajstić information content (AvgIpc) is 2.57. The minimum absolute atomic E-state index is 0.202. The third-order valence-electron chi connectivity index (χ3n) is 3.55. The van der Waals surface area contributed by atoms with Crippen LogP contribution in [0.4, 0.5) is 0 Å². The molecule has 0 atom stereocenters. The molecule has 0 spiro atoms. The van der Waals surface area contributed by atoms with Crippen LogP contribution in [0.5, 0.6) is 0 Å². The maximum atomic E-state index is 12.4. The Kier molecular flexibility index (Phi) is 4.07. The number of carboxylic acids is 1. The number of nitrogens with zero attached hydrogens (tertiary/aromatic N) is 4. The van der Waals surface area contributed by atoms with E-state index in [-0.39, 0.29) is 16.9 Å². The number of fused-ring (bicyclic) bond motifs is 1. The number of aromatic carboxylic acids is 1. The molecule has 3 heterocycles. The molecule has 0 amide bonds. The second-order valence-electron chi connectivity index (χ2n) is 5.89. The van der Waals surface area contributed by atoms with Crippen LogP contribution in [0.2, 0.25) is 0 Å². The fourth-order valence-corrected chi connectivity index (χ4v) is 2.50. The Hall–Kier alpha value is -3.09. The van der Waals surface area contributed by atoms with Gasteiger partial charge in [-0.3, -0.25) is 9.78 Å². The van der Waals surface area contributed by atoms with E-state index in [9.17, 15) is 14.7 Å². The molecule has 0 bridgehead atoms. The van der Waals surface area contributed by atoms with Crippen LogP contribution in [0.15, 0.2) is 41.7 Å². The van der Waals surface area contributed by atoms with Crippen LogP contribution in [-0.2, 0) is 6.54 Å². The van der Waals surface area contributed by atoms with Gasteiger partial charge in [-0.15, -0.1) is 0 Å². The molecule has 1 N–H and O–H groups in total. The Morgan fingerprint density at radius 1 is 1.29 bits per heavy atom. The first kappa shape index (κ1) is 15.8. The molecule has 3 rings (SSSR count).